The van der Waals surface area contributed by atoms with E-state index in [0.717, 1.165) is 17.9 Å². The quantitative estimate of drug-likeness (QED) is 0.686. The molecule has 2 N–H and O–H groups in total. The average Bonchev–Trinajstić information content (AvgIpc) is 2.49. The van der Waals surface area contributed by atoms with Crippen LogP contribution in [-0.2, 0) is 0 Å². The van der Waals surface area contributed by atoms with Crippen LogP contribution >= 0.6 is 0 Å². The highest BCUT2D eigenvalue weighted by atomic mass is 15.0. The number of rotatable bonds is 4. The van der Waals surface area contributed by atoms with Crippen LogP contribution in [0.1, 0.15) is 32.6 Å². The Morgan fingerprint density at radius 2 is 2.00 bits per heavy atom. The first kappa shape index (κ1) is 9.47. The van der Waals surface area contributed by atoms with Gasteiger partial charge in [-0.2, -0.15) is 0 Å². The van der Waals surface area contributed by atoms with E-state index in [1.54, 1.807) is 0 Å². The van der Waals surface area contributed by atoms with E-state index in [-0.39, 0.29) is 0 Å². The van der Waals surface area contributed by atoms with Crippen molar-refractivity contribution >= 4 is 0 Å². The molecule has 1 saturated carbocycles. The Hall–Kier alpha value is -0.0800. The lowest BCUT2D eigenvalue weighted by Crippen LogP contribution is -2.48. The monoisotopic (exact) mass is 182 g/mol. The first-order chi connectivity index (χ1) is 6.36. The maximum absolute atomic E-state index is 3.70. The minimum atomic E-state index is 0.843. The number of nitrogens with one attached hydrogen (secondary N) is 2. The van der Waals surface area contributed by atoms with Gasteiger partial charge >= 0.3 is 0 Å². The molecule has 2 rings (SSSR count). The van der Waals surface area contributed by atoms with Gasteiger partial charge < -0.3 is 10.6 Å². The van der Waals surface area contributed by atoms with E-state index in [1.165, 1.54) is 45.3 Å². The van der Waals surface area contributed by atoms with E-state index in [0.29, 0.717) is 0 Å². The van der Waals surface area contributed by atoms with Crippen LogP contribution in [0.2, 0.25) is 0 Å². The minimum Gasteiger partial charge on any atom is -0.316 e. The van der Waals surface area contributed by atoms with E-state index < -0.39 is 0 Å². The Morgan fingerprint density at radius 3 is 2.54 bits per heavy atom. The summed E-state index contributed by atoms with van der Waals surface area (Å²) in [6.07, 6.45) is 5.71. The molecule has 2 fully saturated rings. The molecular weight excluding hydrogens is 160 g/mol. The van der Waals surface area contributed by atoms with Crippen molar-refractivity contribution in [3.63, 3.8) is 0 Å². The van der Waals surface area contributed by atoms with Gasteiger partial charge in [0.05, 0.1) is 0 Å². The third kappa shape index (κ3) is 2.44. The molecule has 1 heterocycles. The largest absolute Gasteiger partial charge is 0.316 e. The van der Waals surface area contributed by atoms with Crippen molar-refractivity contribution < 1.29 is 0 Å². The molecule has 2 heteroatoms. The van der Waals surface area contributed by atoms with Gasteiger partial charge in [0.25, 0.3) is 0 Å². The third-order valence-electron chi connectivity index (χ3n) is 3.70. The first-order valence-electron chi connectivity index (χ1n) is 5.80. The fourth-order valence-corrected chi connectivity index (χ4v) is 2.36. The van der Waals surface area contributed by atoms with Gasteiger partial charge in [-0.05, 0) is 44.3 Å². The summed E-state index contributed by atoms with van der Waals surface area (Å²) in [7, 11) is 0. The van der Waals surface area contributed by atoms with Crippen LogP contribution in [0, 0.1) is 11.8 Å². The van der Waals surface area contributed by atoms with Crippen molar-refractivity contribution in [2.24, 2.45) is 11.8 Å². The summed E-state index contributed by atoms with van der Waals surface area (Å²) in [6.45, 7) is 6.10. The zero-order chi connectivity index (χ0) is 9.10. The van der Waals surface area contributed by atoms with E-state index in [9.17, 15) is 0 Å². The highest BCUT2D eigenvalue weighted by molar-refractivity contribution is 4.82. The lowest BCUT2D eigenvalue weighted by Gasteiger charge is -2.33. The fourth-order valence-electron chi connectivity index (χ4n) is 2.36. The summed E-state index contributed by atoms with van der Waals surface area (Å²) >= 11 is 0. The molecule has 0 aromatic carbocycles. The van der Waals surface area contributed by atoms with Crippen molar-refractivity contribution in [1.29, 1.82) is 0 Å². The second-order valence-electron chi connectivity index (χ2n) is 4.79. The first-order valence-corrected chi connectivity index (χ1v) is 5.80. The Morgan fingerprint density at radius 1 is 1.31 bits per heavy atom. The molecule has 1 unspecified atom stereocenters. The van der Waals surface area contributed by atoms with Gasteiger partial charge in [-0.3, -0.25) is 0 Å². The van der Waals surface area contributed by atoms with Crippen LogP contribution in [0.3, 0.4) is 0 Å². The SMILES string of the molecule is CC(CNC1CCCC1)C1CNC1. The zero-order valence-corrected chi connectivity index (χ0v) is 8.68. The van der Waals surface area contributed by atoms with Crippen LogP contribution in [0.4, 0.5) is 0 Å². The van der Waals surface area contributed by atoms with Crippen molar-refractivity contribution in [2.45, 2.75) is 38.6 Å². The van der Waals surface area contributed by atoms with Gasteiger partial charge in [0, 0.05) is 6.04 Å². The molecule has 1 atom stereocenters. The summed E-state index contributed by atoms with van der Waals surface area (Å²) in [6, 6.07) is 0.843. The van der Waals surface area contributed by atoms with Crippen molar-refractivity contribution in [2.75, 3.05) is 19.6 Å². The molecule has 0 spiro atoms. The van der Waals surface area contributed by atoms with E-state index in [2.05, 4.69) is 17.6 Å². The van der Waals surface area contributed by atoms with Gasteiger partial charge in [0.2, 0.25) is 0 Å². The van der Waals surface area contributed by atoms with Crippen LogP contribution in [0.25, 0.3) is 0 Å². The van der Waals surface area contributed by atoms with Gasteiger partial charge in [-0.15, -0.1) is 0 Å². The third-order valence-corrected chi connectivity index (χ3v) is 3.70. The van der Waals surface area contributed by atoms with Crippen molar-refractivity contribution in [3.8, 4) is 0 Å². The Kier molecular flexibility index (Phi) is 3.23. The fraction of sp³-hybridized carbons (Fsp3) is 1.00. The van der Waals surface area contributed by atoms with E-state index in [4.69, 9.17) is 0 Å². The van der Waals surface area contributed by atoms with Crippen molar-refractivity contribution in [1.82, 2.24) is 10.6 Å². The van der Waals surface area contributed by atoms with Gasteiger partial charge in [-0.25, -0.2) is 0 Å². The van der Waals surface area contributed by atoms with Crippen LogP contribution in [-0.4, -0.2) is 25.7 Å². The normalized spacial score (nSPS) is 27.5. The summed E-state index contributed by atoms with van der Waals surface area (Å²) in [5.74, 6) is 1.80. The highest BCUT2D eigenvalue weighted by Gasteiger charge is 2.24. The van der Waals surface area contributed by atoms with Gasteiger partial charge in [0.15, 0.2) is 0 Å². The van der Waals surface area contributed by atoms with Gasteiger partial charge in [0.1, 0.15) is 0 Å². The van der Waals surface area contributed by atoms with E-state index in [1.807, 2.05) is 0 Å². The summed E-state index contributed by atoms with van der Waals surface area (Å²) < 4.78 is 0. The molecule has 2 aliphatic rings. The zero-order valence-electron chi connectivity index (χ0n) is 8.68. The molecule has 0 amide bonds. The summed E-state index contributed by atoms with van der Waals surface area (Å²) in [5, 5.41) is 7.04. The van der Waals surface area contributed by atoms with Crippen molar-refractivity contribution in [3.05, 3.63) is 0 Å². The molecule has 0 aromatic heterocycles. The second-order valence-corrected chi connectivity index (χ2v) is 4.79. The Bertz CT molecular complexity index is 148. The standard InChI is InChI=1S/C11H22N2/c1-9(10-7-12-8-10)6-13-11-4-2-3-5-11/h9-13H,2-8H2,1H3. The second kappa shape index (κ2) is 4.43. The molecule has 76 valence electrons. The smallest absolute Gasteiger partial charge is 0.00671 e. The predicted octanol–water partition coefficient (Wildman–Crippen LogP) is 1.37. The van der Waals surface area contributed by atoms with Crippen LogP contribution in [0.15, 0.2) is 0 Å². The van der Waals surface area contributed by atoms with Crippen LogP contribution < -0.4 is 10.6 Å². The molecule has 13 heavy (non-hydrogen) atoms. The molecule has 1 saturated heterocycles. The topological polar surface area (TPSA) is 24.1 Å². The maximum Gasteiger partial charge on any atom is 0.00671 e. The molecule has 0 aromatic rings. The Balaban J connectivity index is 1.60. The molecule has 0 radical (unpaired) electrons. The predicted molar refractivity (Wildman–Crippen MR) is 55.8 cm³/mol. The molecule has 0 bridgehead atoms. The lowest BCUT2D eigenvalue weighted by molar-refractivity contribution is 0.237. The van der Waals surface area contributed by atoms with E-state index >= 15 is 0 Å². The summed E-state index contributed by atoms with van der Waals surface area (Å²) in [4.78, 5) is 0. The lowest BCUT2D eigenvalue weighted by atomic mass is 9.89. The number of hydrogen-bond donors (Lipinski definition) is 2. The number of hydrogen-bond acceptors (Lipinski definition) is 2. The maximum atomic E-state index is 3.70. The molecule has 1 aliphatic carbocycles. The highest BCUT2D eigenvalue weighted by Crippen LogP contribution is 2.19. The van der Waals surface area contributed by atoms with Crippen LogP contribution in [0.5, 0.6) is 0 Å². The molecular formula is C11H22N2. The summed E-state index contributed by atoms with van der Waals surface area (Å²) in [5.41, 5.74) is 0. The van der Waals surface area contributed by atoms with Gasteiger partial charge in [-0.1, -0.05) is 19.8 Å². The molecule has 1 aliphatic heterocycles. The Labute approximate surface area is 81.5 Å². The molecule has 2 nitrogen and oxygen atoms in total. The minimum absolute atomic E-state index is 0.843. The average molecular weight is 182 g/mol.